The molecule has 1 aromatic rings. The molecular weight excluding hydrogens is 193 g/mol. The Morgan fingerprint density at radius 1 is 1.36 bits per heavy atom. The van der Waals surface area contributed by atoms with Crippen LogP contribution in [-0.4, -0.2) is 6.36 Å². The molecule has 1 aromatic carbocycles. The molecule has 1 aliphatic rings. The maximum Gasteiger partial charge on any atom is 0.573 e. The van der Waals surface area contributed by atoms with Gasteiger partial charge in [0.25, 0.3) is 0 Å². The van der Waals surface area contributed by atoms with E-state index in [0.717, 1.165) is 12.8 Å². The predicted octanol–water partition coefficient (Wildman–Crippen LogP) is 3.26. The molecule has 0 aliphatic heterocycles. The van der Waals surface area contributed by atoms with Crippen molar-refractivity contribution in [3.05, 3.63) is 29.8 Å². The van der Waals surface area contributed by atoms with Crippen LogP contribution in [0.25, 0.3) is 0 Å². The molecule has 1 nitrogen and oxygen atoms in total. The number of benzene rings is 1. The van der Waals surface area contributed by atoms with E-state index in [9.17, 15) is 13.2 Å². The topological polar surface area (TPSA) is 9.23 Å². The first-order valence-corrected chi connectivity index (χ1v) is 4.32. The van der Waals surface area contributed by atoms with Gasteiger partial charge in [0.1, 0.15) is 5.75 Å². The molecule has 0 bridgehead atoms. The molecule has 0 heterocycles. The largest absolute Gasteiger partial charge is 0.573 e. The lowest BCUT2D eigenvalue weighted by molar-refractivity contribution is -0.274. The molecule has 0 unspecified atom stereocenters. The van der Waals surface area contributed by atoms with Crippen LogP contribution in [0.2, 0.25) is 0 Å². The third-order valence-electron chi connectivity index (χ3n) is 2.10. The van der Waals surface area contributed by atoms with Crippen molar-refractivity contribution < 1.29 is 17.9 Å². The highest BCUT2D eigenvalue weighted by molar-refractivity contribution is 5.38. The molecule has 1 radical (unpaired) electrons. The van der Waals surface area contributed by atoms with E-state index in [1.54, 1.807) is 12.1 Å². The number of hydrogen-bond donors (Lipinski definition) is 0. The van der Waals surface area contributed by atoms with Crippen molar-refractivity contribution in [3.8, 4) is 5.75 Å². The van der Waals surface area contributed by atoms with Crippen LogP contribution in [0, 0.1) is 6.07 Å². The molecule has 0 amide bonds. The molecule has 1 fully saturated rings. The van der Waals surface area contributed by atoms with Crippen LogP contribution >= 0.6 is 0 Å². The lowest BCUT2D eigenvalue weighted by Gasteiger charge is -2.12. The number of halogens is 3. The van der Waals surface area contributed by atoms with Crippen molar-refractivity contribution in [1.82, 2.24) is 0 Å². The van der Waals surface area contributed by atoms with E-state index in [-0.39, 0.29) is 11.7 Å². The van der Waals surface area contributed by atoms with E-state index in [1.807, 2.05) is 0 Å². The molecular formula is C10H8F3O. The number of ether oxygens (including phenoxy) is 1. The van der Waals surface area contributed by atoms with Crippen LogP contribution in [-0.2, 0) is 0 Å². The van der Waals surface area contributed by atoms with Crippen molar-refractivity contribution in [3.63, 3.8) is 0 Å². The SMILES string of the molecule is FC(F)(F)Oc1c[c]ccc1C1CC1. The average Bonchev–Trinajstić information content (AvgIpc) is 2.85. The molecule has 75 valence electrons. The van der Waals surface area contributed by atoms with E-state index in [0.29, 0.717) is 5.56 Å². The fourth-order valence-electron chi connectivity index (χ4n) is 1.37. The number of rotatable bonds is 2. The standard InChI is InChI=1S/C10H8F3O/c11-10(12,13)14-9-4-2-1-3-8(9)7-5-6-7/h1,3-4,7H,5-6H2. The Kier molecular flexibility index (Phi) is 2.13. The lowest BCUT2D eigenvalue weighted by atomic mass is 10.1. The number of hydrogen-bond acceptors (Lipinski definition) is 1. The third-order valence-corrected chi connectivity index (χ3v) is 2.10. The van der Waals surface area contributed by atoms with Gasteiger partial charge in [-0.25, -0.2) is 0 Å². The zero-order valence-electron chi connectivity index (χ0n) is 7.27. The average molecular weight is 201 g/mol. The van der Waals surface area contributed by atoms with Crippen LogP contribution < -0.4 is 4.74 Å². The first-order chi connectivity index (χ1) is 6.56. The molecule has 1 saturated carbocycles. The molecule has 0 N–H and O–H groups in total. The van der Waals surface area contributed by atoms with Crippen LogP contribution in [0.3, 0.4) is 0 Å². The summed E-state index contributed by atoms with van der Waals surface area (Å²) in [5, 5.41) is 0. The molecule has 0 saturated heterocycles. The van der Waals surface area contributed by atoms with Crippen molar-refractivity contribution in [1.29, 1.82) is 0 Å². The normalized spacial score (nSPS) is 16.8. The van der Waals surface area contributed by atoms with Crippen LogP contribution in [0.4, 0.5) is 13.2 Å². The monoisotopic (exact) mass is 201 g/mol. The van der Waals surface area contributed by atoms with Crippen molar-refractivity contribution in [2.45, 2.75) is 25.1 Å². The molecule has 0 aromatic heterocycles. The zero-order valence-corrected chi connectivity index (χ0v) is 7.27. The van der Waals surface area contributed by atoms with Gasteiger partial charge in [-0.15, -0.1) is 13.2 Å². The second-order valence-electron chi connectivity index (χ2n) is 3.29. The minimum absolute atomic E-state index is 0.109. The summed E-state index contributed by atoms with van der Waals surface area (Å²) in [4.78, 5) is 0. The highest BCUT2D eigenvalue weighted by Crippen LogP contribution is 2.44. The van der Waals surface area contributed by atoms with E-state index in [4.69, 9.17) is 0 Å². The van der Waals surface area contributed by atoms with Gasteiger partial charge in [-0.1, -0.05) is 12.1 Å². The zero-order chi connectivity index (χ0) is 10.2. The summed E-state index contributed by atoms with van der Waals surface area (Å²) in [6.07, 6.45) is -2.73. The van der Waals surface area contributed by atoms with Crippen molar-refractivity contribution in [2.24, 2.45) is 0 Å². The number of alkyl halides is 3. The summed E-state index contributed by atoms with van der Waals surface area (Å²) in [6.45, 7) is 0. The Morgan fingerprint density at radius 3 is 2.64 bits per heavy atom. The third kappa shape index (κ3) is 2.19. The maximum absolute atomic E-state index is 12.0. The Balaban J connectivity index is 2.23. The highest BCUT2D eigenvalue weighted by atomic mass is 19.4. The van der Waals surface area contributed by atoms with Crippen LogP contribution in [0.15, 0.2) is 18.2 Å². The van der Waals surface area contributed by atoms with E-state index in [1.165, 1.54) is 6.07 Å². The Hall–Kier alpha value is -1.19. The maximum atomic E-state index is 12.0. The quantitative estimate of drug-likeness (QED) is 0.713. The van der Waals surface area contributed by atoms with Crippen molar-refractivity contribution in [2.75, 3.05) is 0 Å². The fourth-order valence-corrected chi connectivity index (χ4v) is 1.37. The summed E-state index contributed by atoms with van der Waals surface area (Å²) >= 11 is 0. The summed E-state index contributed by atoms with van der Waals surface area (Å²) in [6, 6.07) is 7.06. The van der Waals surface area contributed by atoms with E-state index < -0.39 is 6.36 Å². The first kappa shape index (κ1) is 9.37. The van der Waals surface area contributed by atoms with E-state index in [2.05, 4.69) is 10.8 Å². The molecule has 2 rings (SSSR count). The minimum atomic E-state index is -4.61. The van der Waals surface area contributed by atoms with Crippen LogP contribution in [0.1, 0.15) is 24.3 Å². The Bertz CT molecular complexity index is 328. The van der Waals surface area contributed by atoms with Gasteiger partial charge < -0.3 is 4.74 Å². The Labute approximate surface area is 79.5 Å². The van der Waals surface area contributed by atoms with Crippen LogP contribution in [0.5, 0.6) is 5.75 Å². The molecule has 14 heavy (non-hydrogen) atoms. The van der Waals surface area contributed by atoms with Gasteiger partial charge in [-0.05, 0) is 36.5 Å². The summed E-state index contributed by atoms with van der Waals surface area (Å²) in [5.74, 6) is 0.129. The first-order valence-electron chi connectivity index (χ1n) is 4.32. The Morgan fingerprint density at radius 2 is 2.07 bits per heavy atom. The fraction of sp³-hybridized carbons (Fsp3) is 0.400. The molecule has 0 spiro atoms. The van der Waals surface area contributed by atoms with Gasteiger partial charge in [-0.2, -0.15) is 0 Å². The predicted molar refractivity (Wildman–Crippen MR) is 43.9 cm³/mol. The minimum Gasteiger partial charge on any atom is -0.405 e. The molecule has 1 aliphatic carbocycles. The summed E-state index contributed by atoms with van der Waals surface area (Å²) < 4.78 is 39.8. The van der Waals surface area contributed by atoms with Gasteiger partial charge in [-0.3, -0.25) is 0 Å². The van der Waals surface area contributed by atoms with Gasteiger partial charge in [0, 0.05) is 0 Å². The molecule has 4 heteroatoms. The summed E-state index contributed by atoms with van der Waals surface area (Å²) in [7, 11) is 0. The van der Waals surface area contributed by atoms with Gasteiger partial charge in [0.15, 0.2) is 0 Å². The van der Waals surface area contributed by atoms with Gasteiger partial charge in [0.2, 0.25) is 0 Å². The smallest absolute Gasteiger partial charge is 0.405 e. The lowest BCUT2D eigenvalue weighted by Crippen LogP contribution is -2.18. The highest BCUT2D eigenvalue weighted by Gasteiger charge is 2.34. The van der Waals surface area contributed by atoms with Gasteiger partial charge >= 0.3 is 6.36 Å². The molecule has 0 atom stereocenters. The van der Waals surface area contributed by atoms with E-state index >= 15 is 0 Å². The van der Waals surface area contributed by atoms with Gasteiger partial charge in [0.05, 0.1) is 0 Å². The summed E-state index contributed by atoms with van der Waals surface area (Å²) in [5.41, 5.74) is 0.640. The second-order valence-corrected chi connectivity index (χ2v) is 3.29. The second kappa shape index (κ2) is 3.19. The van der Waals surface area contributed by atoms with Crippen molar-refractivity contribution >= 4 is 0 Å².